The van der Waals surface area contributed by atoms with Gasteiger partial charge in [0.25, 0.3) is 5.89 Å². The van der Waals surface area contributed by atoms with Gasteiger partial charge in [0.05, 0.1) is 11.1 Å². The Morgan fingerprint density at radius 1 is 0.966 bits per heavy atom. The van der Waals surface area contributed by atoms with Crippen LogP contribution in [0, 0.1) is 3.57 Å². The third-order valence-corrected chi connectivity index (χ3v) is 5.59. The normalized spacial score (nSPS) is 11.6. The molecule has 2 aromatic carbocycles. The summed E-state index contributed by atoms with van der Waals surface area (Å²) in [5.41, 5.74) is 0.761. The molecule has 4 rings (SSSR count). The van der Waals surface area contributed by atoms with Gasteiger partial charge in [-0.3, -0.25) is 4.98 Å². The van der Waals surface area contributed by atoms with E-state index in [9.17, 15) is 13.2 Å². The fourth-order valence-corrected chi connectivity index (χ4v) is 3.99. The van der Waals surface area contributed by atoms with Crippen molar-refractivity contribution in [2.24, 2.45) is 0 Å². The van der Waals surface area contributed by atoms with Gasteiger partial charge >= 0.3 is 6.18 Å². The molecule has 29 heavy (non-hydrogen) atoms. The summed E-state index contributed by atoms with van der Waals surface area (Å²) in [6.45, 7) is 0. The van der Waals surface area contributed by atoms with Crippen molar-refractivity contribution in [1.82, 2.24) is 15.1 Å². The number of hydrogen-bond donors (Lipinski definition) is 0. The van der Waals surface area contributed by atoms with E-state index in [-0.39, 0.29) is 0 Å². The van der Waals surface area contributed by atoms with Crippen LogP contribution in [-0.2, 0) is 6.18 Å². The highest BCUT2D eigenvalue weighted by atomic mass is 127. The summed E-state index contributed by atoms with van der Waals surface area (Å²) >= 11 is 3.48. The number of benzene rings is 2. The molecule has 0 bridgehead atoms. The molecule has 0 saturated carbocycles. The lowest BCUT2D eigenvalue weighted by Gasteiger charge is -2.08. The third-order valence-electron chi connectivity index (χ3n) is 3.92. The number of halogens is 4. The zero-order chi connectivity index (χ0) is 20.4. The summed E-state index contributed by atoms with van der Waals surface area (Å²) in [6.07, 6.45) is -0.980. The van der Waals surface area contributed by atoms with E-state index >= 15 is 0 Å². The van der Waals surface area contributed by atoms with Gasteiger partial charge < -0.3 is 4.52 Å². The highest BCUT2D eigenvalue weighted by Gasteiger charge is 2.30. The second-order valence-electron chi connectivity index (χ2n) is 5.94. The van der Waals surface area contributed by atoms with Crippen LogP contribution in [0.5, 0.6) is 0 Å². The summed E-state index contributed by atoms with van der Waals surface area (Å²) in [7, 11) is 0. The Hall–Kier alpha value is -2.40. The first-order chi connectivity index (χ1) is 13.9. The molecule has 0 amide bonds. The van der Waals surface area contributed by atoms with E-state index in [1.54, 1.807) is 12.4 Å². The van der Waals surface area contributed by atoms with Gasteiger partial charge in [0, 0.05) is 31.3 Å². The topological polar surface area (TPSA) is 51.8 Å². The second kappa shape index (κ2) is 8.15. The van der Waals surface area contributed by atoms with Crippen molar-refractivity contribution in [3.05, 3.63) is 76.1 Å². The average Bonchev–Trinajstić information content (AvgIpc) is 3.18. The Kier molecular flexibility index (Phi) is 5.59. The largest absolute Gasteiger partial charge is 0.416 e. The maximum atomic E-state index is 12.8. The molecule has 0 spiro atoms. The van der Waals surface area contributed by atoms with E-state index < -0.39 is 11.7 Å². The molecule has 0 saturated heterocycles. The zero-order valence-electron chi connectivity index (χ0n) is 14.5. The van der Waals surface area contributed by atoms with Crippen LogP contribution in [-0.4, -0.2) is 15.1 Å². The average molecular weight is 525 g/mol. The van der Waals surface area contributed by atoms with Crippen LogP contribution >= 0.6 is 34.4 Å². The van der Waals surface area contributed by atoms with Crippen LogP contribution in [0.15, 0.2) is 81.3 Å². The van der Waals surface area contributed by atoms with Gasteiger partial charge in [0.15, 0.2) is 0 Å². The predicted molar refractivity (Wildman–Crippen MR) is 111 cm³/mol. The van der Waals surface area contributed by atoms with Crippen LogP contribution in [0.1, 0.15) is 5.56 Å². The minimum absolute atomic E-state index is 0.328. The van der Waals surface area contributed by atoms with Crippen LogP contribution in [0.2, 0.25) is 0 Å². The van der Waals surface area contributed by atoms with Gasteiger partial charge in [0.2, 0.25) is 5.82 Å². The highest BCUT2D eigenvalue weighted by molar-refractivity contribution is 14.1. The molecule has 4 aromatic rings. The van der Waals surface area contributed by atoms with Crippen LogP contribution < -0.4 is 0 Å². The van der Waals surface area contributed by atoms with Gasteiger partial charge in [-0.25, -0.2) is 0 Å². The highest BCUT2D eigenvalue weighted by Crippen LogP contribution is 2.37. The lowest BCUT2D eigenvalue weighted by molar-refractivity contribution is -0.137. The van der Waals surface area contributed by atoms with Gasteiger partial charge in [0.1, 0.15) is 0 Å². The summed E-state index contributed by atoms with van der Waals surface area (Å²) in [6, 6.07) is 14.3. The minimum Gasteiger partial charge on any atom is -0.334 e. The number of hydrogen-bond acceptors (Lipinski definition) is 5. The molecule has 0 aliphatic carbocycles. The van der Waals surface area contributed by atoms with Crippen LogP contribution in [0.3, 0.4) is 0 Å². The predicted octanol–water partition coefficient (Wildman–Crippen LogP) is 6.57. The molecule has 0 N–H and O–H groups in total. The van der Waals surface area contributed by atoms with Gasteiger partial charge in [-0.2, -0.15) is 18.2 Å². The molecule has 0 fully saturated rings. The SMILES string of the molecule is FC(F)(F)c1ccc(Sc2ccccc2-c2nc(-c3cncc(I)c3)no2)cc1. The number of alkyl halides is 3. The lowest BCUT2D eigenvalue weighted by atomic mass is 10.2. The molecule has 2 aromatic heterocycles. The third kappa shape index (κ3) is 4.61. The first-order valence-electron chi connectivity index (χ1n) is 8.29. The lowest BCUT2D eigenvalue weighted by Crippen LogP contribution is -2.03. The zero-order valence-corrected chi connectivity index (χ0v) is 17.5. The molecule has 0 atom stereocenters. The van der Waals surface area contributed by atoms with Crippen molar-refractivity contribution in [1.29, 1.82) is 0 Å². The van der Waals surface area contributed by atoms with Gasteiger partial charge in [-0.05, 0) is 65.1 Å². The van der Waals surface area contributed by atoms with Crippen molar-refractivity contribution in [2.45, 2.75) is 16.0 Å². The summed E-state index contributed by atoms with van der Waals surface area (Å²) in [5, 5.41) is 4.03. The van der Waals surface area contributed by atoms with Crippen molar-refractivity contribution < 1.29 is 17.7 Å². The summed E-state index contributed by atoms with van der Waals surface area (Å²) in [5.74, 6) is 0.745. The molecular weight excluding hydrogens is 514 g/mol. The quantitative estimate of drug-likeness (QED) is 0.282. The summed E-state index contributed by atoms with van der Waals surface area (Å²) < 4.78 is 44.7. The molecule has 0 aliphatic heterocycles. The fraction of sp³-hybridized carbons (Fsp3) is 0.0500. The first-order valence-corrected chi connectivity index (χ1v) is 10.2. The molecule has 0 aliphatic rings. The smallest absolute Gasteiger partial charge is 0.334 e. The molecule has 146 valence electrons. The molecule has 0 unspecified atom stereocenters. The van der Waals surface area contributed by atoms with E-state index in [4.69, 9.17) is 4.52 Å². The van der Waals surface area contributed by atoms with Crippen LogP contribution in [0.4, 0.5) is 13.2 Å². The number of pyridine rings is 1. The number of aromatic nitrogens is 3. The summed E-state index contributed by atoms with van der Waals surface area (Å²) in [4.78, 5) is 10.1. The van der Waals surface area contributed by atoms with Crippen molar-refractivity contribution in [2.75, 3.05) is 0 Å². The van der Waals surface area contributed by atoms with Crippen molar-refractivity contribution in [3.63, 3.8) is 0 Å². The Bertz CT molecular complexity index is 1150. The second-order valence-corrected chi connectivity index (χ2v) is 8.30. The molecule has 2 heterocycles. The monoisotopic (exact) mass is 525 g/mol. The van der Waals surface area contributed by atoms with Crippen LogP contribution in [0.25, 0.3) is 22.8 Å². The fourth-order valence-electron chi connectivity index (χ4n) is 2.56. The molecular formula is C20H11F3IN3OS. The Morgan fingerprint density at radius 2 is 1.72 bits per heavy atom. The maximum absolute atomic E-state index is 12.8. The molecule has 0 radical (unpaired) electrons. The Morgan fingerprint density at radius 3 is 2.45 bits per heavy atom. The first kappa shape index (κ1) is 19.9. The molecule has 4 nitrogen and oxygen atoms in total. The van der Waals surface area contributed by atoms with Gasteiger partial charge in [-0.15, -0.1) is 0 Å². The molecule has 9 heteroatoms. The van der Waals surface area contributed by atoms with E-state index in [1.165, 1.54) is 23.9 Å². The van der Waals surface area contributed by atoms with E-state index in [0.717, 1.165) is 26.2 Å². The maximum Gasteiger partial charge on any atom is 0.416 e. The number of nitrogens with zero attached hydrogens (tertiary/aromatic N) is 3. The Balaban J connectivity index is 1.62. The van der Waals surface area contributed by atoms with Crippen molar-refractivity contribution >= 4 is 34.4 Å². The standard InChI is InChI=1S/C20H11F3IN3OS/c21-20(22,23)13-5-7-15(8-6-13)29-17-4-2-1-3-16(17)19-26-18(27-28-19)12-9-14(24)11-25-10-12/h1-11H. The van der Waals surface area contributed by atoms with E-state index in [0.29, 0.717) is 22.2 Å². The van der Waals surface area contributed by atoms with E-state index in [1.807, 2.05) is 30.3 Å². The Labute approximate surface area is 181 Å². The number of rotatable bonds is 4. The minimum atomic E-state index is -4.36. The van der Waals surface area contributed by atoms with Gasteiger partial charge in [-0.1, -0.05) is 29.1 Å². The van der Waals surface area contributed by atoms with E-state index in [2.05, 4.69) is 37.7 Å². The van der Waals surface area contributed by atoms with Crippen molar-refractivity contribution in [3.8, 4) is 22.8 Å².